The average molecular weight is 500 g/mol. The van der Waals surface area contributed by atoms with Crippen LogP contribution in [0.25, 0.3) is 5.00 Å². The smallest absolute Gasteiger partial charge is 0.306 e. The first kappa shape index (κ1) is 23.9. The summed E-state index contributed by atoms with van der Waals surface area (Å²) in [6, 6.07) is 18.3. The summed E-state index contributed by atoms with van der Waals surface area (Å²) in [4.78, 5) is 20.3. The number of thiophene rings is 1. The molecule has 36 heavy (non-hydrogen) atoms. The number of aromatic nitrogens is 3. The molecule has 1 aliphatic rings. The van der Waals surface area contributed by atoms with Crippen LogP contribution in [0.5, 0.6) is 0 Å². The van der Waals surface area contributed by atoms with Crippen LogP contribution in [0.15, 0.2) is 59.6 Å². The molecular formula is C28H29N5O2S. The molecule has 1 aliphatic heterocycles. The highest BCUT2D eigenvalue weighted by atomic mass is 32.1. The molecule has 2 aromatic heterocycles. The minimum atomic E-state index is -0.914. The van der Waals surface area contributed by atoms with Crippen molar-refractivity contribution in [1.82, 2.24) is 14.8 Å². The fourth-order valence-electron chi connectivity index (χ4n) is 4.71. The molecule has 0 aliphatic carbocycles. The number of carboxylic acid groups (broad SMARTS) is 1. The minimum absolute atomic E-state index is 0.145. The van der Waals surface area contributed by atoms with E-state index in [-0.39, 0.29) is 6.42 Å². The van der Waals surface area contributed by atoms with Crippen LogP contribution < -0.4 is 4.90 Å². The van der Waals surface area contributed by atoms with Gasteiger partial charge < -0.3 is 10.0 Å². The van der Waals surface area contributed by atoms with Gasteiger partial charge in [0.15, 0.2) is 5.82 Å². The van der Waals surface area contributed by atoms with Crippen molar-refractivity contribution in [3.8, 4) is 5.00 Å². The standard InChI is InChI=1S/C28H29N5O2S/c1-5-32(16-20-9-7-6-8-10-20)22-13-11-21(12-14-22)26-25-17(2)18(3)36-28(25)33-19(4)30-31-27(33)23(29-26)15-24(34)35/h6-14,23H,5,15-16H2,1-4H3,(H,34,35)/t23-/m0/s1. The highest BCUT2D eigenvalue weighted by Gasteiger charge is 2.32. The number of aryl methyl sites for hydroxylation is 2. The van der Waals surface area contributed by atoms with E-state index in [9.17, 15) is 9.90 Å². The third-order valence-corrected chi connectivity index (χ3v) is 7.90. The SMILES string of the molecule is CCN(Cc1ccccc1)c1ccc(C2=N[C@@H](CC(=O)O)c3nnc(C)n3-c3sc(C)c(C)c32)cc1. The largest absolute Gasteiger partial charge is 0.481 e. The van der Waals surface area contributed by atoms with Gasteiger partial charge in [0, 0.05) is 34.8 Å². The number of aliphatic carboxylic acids is 1. The maximum Gasteiger partial charge on any atom is 0.306 e. The summed E-state index contributed by atoms with van der Waals surface area (Å²) in [5, 5.41) is 19.2. The van der Waals surface area contributed by atoms with E-state index in [1.807, 2.05) is 17.6 Å². The number of carboxylic acids is 1. The van der Waals surface area contributed by atoms with Crippen molar-refractivity contribution < 1.29 is 9.90 Å². The van der Waals surface area contributed by atoms with Crippen LogP contribution in [-0.2, 0) is 11.3 Å². The second-order valence-corrected chi connectivity index (χ2v) is 10.2. The lowest BCUT2D eigenvalue weighted by Crippen LogP contribution is -2.22. The Bertz CT molecular complexity index is 1440. The third-order valence-electron chi connectivity index (χ3n) is 6.71. The molecule has 1 atom stereocenters. The van der Waals surface area contributed by atoms with Gasteiger partial charge in [-0.25, -0.2) is 0 Å². The quantitative estimate of drug-likeness (QED) is 0.355. The lowest BCUT2D eigenvalue weighted by molar-refractivity contribution is -0.137. The average Bonchev–Trinajstić information content (AvgIpc) is 3.35. The third kappa shape index (κ3) is 4.33. The Morgan fingerprint density at radius 3 is 2.44 bits per heavy atom. The Balaban J connectivity index is 1.58. The van der Waals surface area contributed by atoms with Gasteiger partial charge in [0.1, 0.15) is 16.9 Å². The molecule has 0 amide bonds. The van der Waals surface area contributed by atoms with Crippen LogP contribution in [-0.4, -0.2) is 38.1 Å². The van der Waals surface area contributed by atoms with Gasteiger partial charge in [0.25, 0.3) is 0 Å². The Kier molecular flexibility index (Phi) is 6.45. The first-order valence-corrected chi connectivity index (χ1v) is 12.9. The van der Waals surface area contributed by atoms with Gasteiger partial charge in [-0.05, 0) is 51.0 Å². The van der Waals surface area contributed by atoms with Gasteiger partial charge in [-0.2, -0.15) is 0 Å². The monoisotopic (exact) mass is 499 g/mol. The number of fused-ring (bicyclic) bond motifs is 3. The number of aliphatic imine (C=N–C) groups is 1. The molecule has 8 heteroatoms. The summed E-state index contributed by atoms with van der Waals surface area (Å²) in [6.07, 6.45) is -0.145. The van der Waals surface area contributed by atoms with Crippen molar-refractivity contribution in [2.24, 2.45) is 4.99 Å². The molecule has 0 radical (unpaired) electrons. The Hall–Kier alpha value is -3.78. The zero-order valence-corrected chi connectivity index (χ0v) is 21.7. The highest BCUT2D eigenvalue weighted by Crippen LogP contribution is 2.39. The fourth-order valence-corrected chi connectivity index (χ4v) is 5.92. The molecule has 0 saturated carbocycles. The molecule has 3 heterocycles. The maximum atomic E-state index is 11.7. The molecule has 0 saturated heterocycles. The molecule has 5 rings (SSSR count). The maximum absolute atomic E-state index is 11.7. The number of hydrogen-bond acceptors (Lipinski definition) is 6. The van der Waals surface area contributed by atoms with E-state index < -0.39 is 12.0 Å². The molecule has 0 spiro atoms. The normalized spacial score (nSPS) is 14.6. The Morgan fingerprint density at radius 2 is 1.78 bits per heavy atom. The number of anilines is 1. The Labute approximate surface area is 214 Å². The van der Waals surface area contributed by atoms with Crippen LogP contribution in [0.4, 0.5) is 5.69 Å². The van der Waals surface area contributed by atoms with Crippen LogP contribution >= 0.6 is 11.3 Å². The van der Waals surface area contributed by atoms with Gasteiger partial charge in [-0.15, -0.1) is 21.5 Å². The number of nitrogens with zero attached hydrogens (tertiary/aromatic N) is 5. The summed E-state index contributed by atoms with van der Waals surface area (Å²) < 4.78 is 1.98. The van der Waals surface area contributed by atoms with E-state index in [0.29, 0.717) is 5.82 Å². The highest BCUT2D eigenvalue weighted by molar-refractivity contribution is 7.15. The summed E-state index contributed by atoms with van der Waals surface area (Å²) >= 11 is 1.67. The van der Waals surface area contributed by atoms with E-state index in [1.54, 1.807) is 11.3 Å². The van der Waals surface area contributed by atoms with Crippen LogP contribution in [0.3, 0.4) is 0 Å². The zero-order chi connectivity index (χ0) is 25.4. The van der Waals surface area contributed by atoms with Crippen LogP contribution in [0, 0.1) is 20.8 Å². The predicted octanol–water partition coefficient (Wildman–Crippen LogP) is 5.65. The number of benzene rings is 2. The van der Waals surface area contributed by atoms with Crippen molar-refractivity contribution in [1.29, 1.82) is 0 Å². The van der Waals surface area contributed by atoms with E-state index in [1.165, 1.54) is 10.4 Å². The van der Waals surface area contributed by atoms with Gasteiger partial charge >= 0.3 is 5.97 Å². The second kappa shape index (κ2) is 9.70. The molecule has 1 N–H and O–H groups in total. The van der Waals surface area contributed by atoms with Gasteiger partial charge in [-0.1, -0.05) is 42.5 Å². The lowest BCUT2D eigenvalue weighted by atomic mass is 9.99. The van der Waals surface area contributed by atoms with Crippen molar-refractivity contribution in [2.45, 2.75) is 46.7 Å². The van der Waals surface area contributed by atoms with E-state index in [0.717, 1.165) is 52.0 Å². The molecule has 0 unspecified atom stereocenters. The van der Waals surface area contributed by atoms with Gasteiger partial charge in [0.05, 0.1) is 12.1 Å². The summed E-state index contributed by atoms with van der Waals surface area (Å²) in [6.45, 7) is 9.98. The predicted molar refractivity (Wildman–Crippen MR) is 144 cm³/mol. The lowest BCUT2D eigenvalue weighted by Gasteiger charge is -2.23. The van der Waals surface area contributed by atoms with E-state index in [2.05, 4.69) is 84.4 Å². The minimum Gasteiger partial charge on any atom is -0.481 e. The van der Waals surface area contributed by atoms with Crippen molar-refractivity contribution in [3.63, 3.8) is 0 Å². The fraction of sp³-hybridized carbons (Fsp3) is 0.286. The molecule has 0 fully saturated rings. The van der Waals surface area contributed by atoms with E-state index >= 15 is 0 Å². The van der Waals surface area contributed by atoms with Crippen molar-refractivity contribution >= 4 is 28.7 Å². The second-order valence-electron chi connectivity index (χ2n) is 9.04. The molecule has 184 valence electrons. The van der Waals surface area contributed by atoms with Crippen LogP contribution in [0.1, 0.15) is 58.2 Å². The number of rotatable bonds is 7. The van der Waals surface area contributed by atoms with Crippen molar-refractivity contribution in [2.75, 3.05) is 11.4 Å². The van der Waals surface area contributed by atoms with Gasteiger partial charge in [0.2, 0.25) is 0 Å². The molecule has 2 aromatic carbocycles. The molecular weight excluding hydrogens is 470 g/mol. The summed E-state index contributed by atoms with van der Waals surface area (Å²) in [5.41, 5.74) is 6.34. The molecule has 7 nitrogen and oxygen atoms in total. The van der Waals surface area contributed by atoms with Crippen LogP contribution in [0.2, 0.25) is 0 Å². The first-order valence-electron chi connectivity index (χ1n) is 12.1. The number of carbonyl (C=O) groups is 1. The zero-order valence-electron chi connectivity index (χ0n) is 20.9. The summed E-state index contributed by atoms with van der Waals surface area (Å²) in [5.74, 6) is 0.390. The topological polar surface area (TPSA) is 83.6 Å². The van der Waals surface area contributed by atoms with E-state index in [4.69, 9.17) is 4.99 Å². The van der Waals surface area contributed by atoms with Gasteiger partial charge in [-0.3, -0.25) is 14.4 Å². The molecule has 4 aromatic rings. The molecule has 0 bridgehead atoms. The summed E-state index contributed by atoms with van der Waals surface area (Å²) in [7, 11) is 0. The first-order chi connectivity index (χ1) is 17.4. The Morgan fingerprint density at radius 1 is 1.06 bits per heavy atom. The number of hydrogen-bond donors (Lipinski definition) is 1. The van der Waals surface area contributed by atoms with Crippen molar-refractivity contribution in [3.05, 3.63) is 93.4 Å².